The molecule has 1 amide bonds. The summed E-state index contributed by atoms with van der Waals surface area (Å²) in [5.41, 5.74) is -0.178. The van der Waals surface area contributed by atoms with Crippen LogP contribution in [0.1, 0.15) is 17.3 Å². The van der Waals surface area contributed by atoms with Gasteiger partial charge in [-0.1, -0.05) is 0 Å². The molecule has 6 nitrogen and oxygen atoms in total. The number of rotatable bonds is 3. The van der Waals surface area contributed by atoms with E-state index in [-0.39, 0.29) is 15.6 Å². The lowest BCUT2D eigenvalue weighted by Crippen LogP contribution is -2.38. The van der Waals surface area contributed by atoms with Crippen molar-refractivity contribution in [2.24, 2.45) is 0 Å². The molecule has 0 aliphatic rings. The summed E-state index contributed by atoms with van der Waals surface area (Å²) in [4.78, 5) is 35.3. The predicted octanol–water partition coefficient (Wildman–Crippen LogP) is 0.340. The Morgan fingerprint density at radius 3 is 2.69 bits per heavy atom. The molecule has 1 heterocycles. The third-order valence-electron chi connectivity index (χ3n) is 1.84. The van der Waals surface area contributed by atoms with Crippen LogP contribution in [-0.4, -0.2) is 28.0 Å². The van der Waals surface area contributed by atoms with E-state index in [0.29, 0.717) is 0 Å². The van der Waals surface area contributed by atoms with Crippen LogP contribution in [0.3, 0.4) is 0 Å². The van der Waals surface area contributed by atoms with E-state index in [1.165, 1.54) is 19.2 Å². The number of H-pyrrole nitrogens is 1. The summed E-state index contributed by atoms with van der Waals surface area (Å²) in [7, 11) is 0. The first kappa shape index (κ1) is 12.4. The average Bonchev–Trinajstić information content (AvgIpc) is 2.21. The molecule has 1 aromatic rings. The highest BCUT2D eigenvalue weighted by Gasteiger charge is 2.15. The van der Waals surface area contributed by atoms with Crippen molar-refractivity contribution < 1.29 is 14.7 Å². The Kier molecular flexibility index (Phi) is 3.83. The maximum absolute atomic E-state index is 11.5. The first-order valence-electron chi connectivity index (χ1n) is 4.33. The highest BCUT2D eigenvalue weighted by molar-refractivity contribution is 9.10. The molecule has 0 aliphatic carbocycles. The van der Waals surface area contributed by atoms with E-state index < -0.39 is 17.9 Å². The van der Waals surface area contributed by atoms with Gasteiger partial charge in [-0.05, 0) is 28.9 Å². The number of amides is 1. The number of halogens is 1. The molecule has 7 heteroatoms. The molecule has 0 aliphatic heterocycles. The Morgan fingerprint density at radius 1 is 1.56 bits per heavy atom. The van der Waals surface area contributed by atoms with Crippen molar-refractivity contribution in [3.8, 4) is 0 Å². The number of aromatic amines is 1. The van der Waals surface area contributed by atoms with E-state index >= 15 is 0 Å². The zero-order chi connectivity index (χ0) is 12.3. The summed E-state index contributed by atoms with van der Waals surface area (Å²) in [6.45, 7) is 1.35. The monoisotopic (exact) mass is 288 g/mol. The van der Waals surface area contributed by atoms with E-state index in [2.05, 4.69) is 26.2 Å². The first-order valence-corrected chi connectivity index (χ1v) is 5.13. The van der Waals surface area contributed by atoms with Gasteiger partial charge in [0.15, 0.2) is 0 Å². The van der Waals surface area contributed by atoms with Gasteiger partial charge in [-0.25, -0.2) is 0 Å². The van der Waals surface area contributed by atoms with Gasteiger partial charge in [0.2, 0.25) is 0 Å². The van der Waals surface area contributed by atoms with Crippen molar-refractivity contribution >= 4 is 27.8 Å². The standard InChI is InChI=1S/C9H9BrN2O4/c1-4(9(15)16)12-7(13)5-2-6(10)8(14)11-3-5/h2-4H,1H3,(H,11,14)(H,12,13)(H,15,16). The van der Waals surface area contributed by atoms with E-state index in [1.54, 1.807) is 0 Å². The number of aliphatic carboxylic acids is 1. The molecule has 0 saturated heterocycles. The Bertz CT molecular complexity index is 483. The fourth-order valence-corrected chi connectivity index (χ4v) is 1.29. The lowest BCUT2D eigenvalue weighted by molar-refractivity contribution is -0.138. The molecular formula is C9H9BrN2O4. The number of aromatic nitrogens is 1. The SMILES string of the molecule is CC(NC(=O)c1c[nH]c(=O)c(Br)c1)C(=O)O. The van der Waals surface area contributed by atoms with Crippen LogP contribution in [0.25, 0.3) is 0 Å². The van der Waals surface area contributed by atoms with Crippen LogP contribution in [0.5, 0.6) is 0 Å². The van der Waals surface area contributed by atoms with Gasteiger partial charge in [0.1, 0.15) is 6.04 Å². The van der Waals surface area contributed by atoms with Gasteiger partial charge >= 0.3 is 5.97 Å². The number of carboxylic acid groups (broad SMARTS) is 1. The van der Waals surface area contributed by atoms with Crippen LogP contribution < -0.4 is 10.9 Å². The molecule has 0 fully saturated rings. The molecule has 86 valence electrons. The van der Waals surface area contributed by atoms with E-state index in [9.17, 15) is 14.4 Å². The van der Waals surface area contributed by atoms with Gasteiger partial charge in [-0.2, -0.15) is 0 Å². The maximum atomic E-state index is 11.5. The zero-order valence-electron chi connectivity index (χ0n) is 8.28. The van der Waals surface area contributed by atoms with Crippen molar-refractivity contribution in [1.29, 1.82) is 0 Å². The van der Waals surface area contributed by atoms with Gasteiger partial charge in [0.25, 0.3) is 11.5 Å². The van der Waals surface area contributed by atoms with Gasteiger partial charge in [0.05, 0.1) is 10.0 Å². The van der Waals surface area contributed by atoms with Crippen molar-refractivity contribution in [2.75, 3.05) is 0 Å². The molecule has 0 aromatic carbocycles. The smallest absolute Gasteiger partial charge is 0.325 e. The van der Waals surface area contributed by atoms with Crippen LogP contribution >= 0.6 is 15.9 Å². The van der Waals surface area contributed by atoms with Gasteiger partial charge in [0, 0.05) is 6.20 Å². The molecule has 0 bridgehead atoms. The second-order valence-electron chi connectivity index (χ2n) is 3.10. The van der Waals surface area contributed by atoms with Gasteiger partial charge < -0.3 is 15.4 Å². The number of carboxylic acids is 1. The Morgan fingerprint density at radius 2 is 2.19 bits per heavy atom. The van der Waals surface area contributed by atoms with Crippen molar-refractivity contribution in [3.63, 3.8) is 0 Å². The average molecular weight is 289 g/mol. The molecule has 1 rings (SSSR count). The molecule has 1 aromatic heterocycles. The number of nitrogens with one attached hydrogen (secondary N) is 2. The molecule has 0 saturated carbocycles. The highest BCUT2D eigenvalue weighted by Crippen LogP contribution is 2.05. The minimum Gasteiger partial charge on any atom is -0.480 e. The largest absolute Gasteiger partial charge is 0.480 e. The predicted molar refractivity (Wildman–Crippen MR) is 59.3 cm³/mol. The summed E-state index contributed by atoms with van der Waals surface area (Å²) >= 11 is 2.97. The summed E-state index contributed by atoms with van der Waals surface area (Å²) in [6, 6.07) is 0.334. The quantitative estimate of drug-likeness (QED) is 0.747. The van der Waals surface area contributed by atoms with Gasteiger partial charge in [-0.15, -0.1) is 0 Å². The van der Waals surface area contributed by atoms with E-state index in [0.717, 1.165) is 0 Å². The normalized spacial score (nSPS) is 11.9. The van der Waals surface area contributed by atoms with Crippen LogP contribution in [0.15, 0.2) is 21.5 Å². The molecule has 16 heavy (non-hydrogen) atoms. The molecule has 0 radical (unpaired) electrons. The molecule has 3 N–H and O–H groups in total. The van der Waals surface area contributed by atoms with Gasteiger partial charge in [-0.3, -0.25) is 14.4 Å². The van der Waals surface area contributed by atoms with E-state index in [1.807, 2.05) is 0 Å². The minimum atomic E-state index is -1.13. The fourth-order valence-electron chi connectivity index (χ4n) is 0.929. The maximum Gasteiger partial charge on any atom is 0.325 e. The number of carbonyl (C=O) groups excluding carboxylic acids is 1. The minimum absolute atomic E-state index is 0.180. The zero-order valence-corrected chi connectivity index (χ0v) is 9.87. The number of hydrogen-bond donors (Lipinski definition) is 3. The lowest BCUT2D eigenvalue weighted by atomic mass is 10.2. The summed E-state index contributed by atoms with van der Waals surface area (Å²) in [6.07, 6.45) is 1.22. The molecular weight excluding hydrogens is 280 g/mol. The van der Waals surface area contributed by atoms with Crippen LogP contribution in [0.4, 0.5) is 0 Å². The molecule has 0 spiro atoms. The Balaban J connectivity index is 2.85. The second-order valence-corrected chi connectivity index (χ2v) is 3.95. The summed E-state index contributed by atoms with van der Waals surface area (Å²) in [5.74, 6) is -1.69. The number of hydrogen-bond acceptors (Lipinski definition) is 3. The Hall–Kier alpha value is -1.63. The Labute approximate surface area is 98.8 Å². The summed E-state index contributed by atoms with van der Waals surface area (Å²) < 4.78 is 0.211. The lowest BCUT2D eigenvalue weighted by Gasteiger charge is -2.08. The third kappa shape index (κ3) is 2.93. The third-order valence-corrected chi connectivity index (χ3v) is 2.43. The fraction of sp³-hybridized carbons (Fsp3) is 0.222. The topological polar surface area (TPSA) is 99.3 Å². The van der Waals surface area contributed by atoms with Crippen LogP contribution in [-0.2, 0) is 4.79 Å². The number of pyridine rings is 1. The van der Waals surface area contributed by atoms with Crippen LogP contribution in [0.2, 0.25) is 0 Å². The van der Waals surface area contributed by atoms with Crippen molar-refractivity contribution in [2.45, 2.75) is 13.0 Å². The first-order chi connectivity index (χ1) is 7.41. The number of carbonyl (C=O) groups is 2. The second kappa shape index (κ2) is 4.93. The van der Waals surface area contributed by atoms with Crippen LogP contribution in [0, 0.1) is 0 Å². The summed E-state index contributed by atoms with van der Waals surface area (Å²) in [5, 5.41) is 10.9. The van der Waals surface area contributed by atoms with Crippen molar-refractivity contribution in [1.82, 2.24) is 10.3 Å². The van der Waals surface area contributed by atoms with E-state index in [4.69, 9.17) is 5.11 Å². The molecule has 1 unspecified atom stereocenters. The molecule has 1 atom stereocenters. The highest BCUT2D eigenvalue weighted by atomic mass is 79.9. The van der Waals surface area contributed by atoms with Crippen molar-refractivity contribution in [3.05, 3.63) is 32.7 Å².